The Kier molecular flexibility index (Phi) is 5.81. The van der Waals surface area contributed by atoms with Gasteiger partial charge in [-0.05, 0) is 37.4 Å². The summed E-state index contributed by atoms with van der Waals surface area (Å²) in [7, 11) is 2.19. The van der Waals surface area contributed by atoms with E-state index < -0.39 is 0 Å². The van der Waals surface area contributed by atoms with Gasteiger partial charge in [0.1, 0.15) is 0 Å². The SMILES string of the molecule is CN1CCN(CCN2c3ccccc3Sc3ccc(C(=O)c4ccccc4)cc32)CC1. The minimum atomic E-state index is 0.0753. The van der Waals surface area contributed by atoms with Crippen molar-refractivity contribution in [1.82, 2.24) is 9.80 Å². The number of fused-ring (bicyclic) bond motifs is 2. The molecule has 0 N–H and O–H groups in total. The van der Waals surface area contributed by atoms with Crippen molar-refractivity contribution in [2.75, 3.05) is 51.2 Å². The number of hydrogen-bond acceptors (Lipinski definition) is 5. The second-order valence-electron chi connectivity index (χ2n) is 8.24. The number of nitrogens with zero attached hydrogens (tertiary/aromatic N) is 3. The van der Waals surface area contributed by atoms with Gasteiger partial charge in [0.05, 0.1) is 11.4 Å². The van der Waals surface area contributed by atoms with Crippen molar-refractivity contribution in [3.8, 4) is 0 Å². The lowest BCUT2D eigenvalue weighted by Gasteiger charge is -2.37. The fourth-order valence-corrected chi connectivity index (χ4v) is 5.36. The van der Waals surface area contributed by atoms with Crippen LogP contribution in [0.1, 0.15) is 15.9 Å². The van der Waals surface area contributed by atoms with E-state index in [0.29, 0.717) is 0 Å². The van der Waals surface area contributed by atoms with Gasteiger partial charge in [-0.1, -0.05) is 54.2 Å². The number of hydrogen-bond donors (Lipinski definition) is 0. The van der Waals surface area contributed by atoms with Crippen LogP contribution in [0.5, 0.6) is 0 Å². The molecule has 158 valence electrons. The summed E-state index contributed by atoms with van der Waals surface area (Å²) in [5.41, 5.74) is 3.85. The van der Waals surface area contributed by atoms with Crippen molar-refractivity contribution in [2.45, 2.75) is 9.79 Å². The zero-order valence-corrected chi connectivity index (χ0v) is 18.6. The molecule has 1 fully saturated rings. The minimum Gasteiger partial charge on any atom is -0.338 e. The third-order valence-corrected chi connectivity index (χ3v) is 7.29. The van der Waals surface area contributed by atoms with Crippen molar-refractivity contribution >= 4 is 28.9 Å². The first-order valence-electron chi connectivity index (χ1n) is 10.9. The summed E-state index contributed by atoms with van der Waals surface area (Å²) in [6.07, 6.45) is 0. The van der Waals surface area contributed by atoms with Crippen molar-refractivity contribution in [2.24, 2.45) is 0 Å². The lowest BCUT2D eigenvalue weighted by atomic mass is 10.0. The van der Waals surface area contributed by atoms with E-state index in [-0.39, 0.29) is 5.78 Å². The van der Waals surface area contributed by atoms with Crippen molar-refractivity contribution in [3.05, 3.63) is 83.9 Å². The number of carbonyl (C=O) groups is 1. The van der Waals surface area contributed by atoms with Crippen LogP contribution in [0.4, 0.5) is 11.4 Å². The molecule has 5 heteroatoms. The topological polar surface area (TPSA) is 26.8 Å². The second-order valence-corrected chi connectivity index (χ2v) is 9.33. The third-order valence-electron chi connectivity index (χ3n) is 6.16. The zero-order chi connectivity index (χ0) is 21.2. The molecule has 0 bridgehead atoms. The largest absolute Gasteiger partial charge is 0.338 e. The number of para-hydroxylation sites is 1. The van der Waals surface area contributed by atoms with Gasteiger partial charge in [-0.3, -0.25) is 9.69 Å². The number of rotatable bonds is 5. The highest BCUT2D eigenvalue weighted by atomic mass is 32.2. The smallest absolute Gasteiger partial charge is 0.193 e. The quantitative estimate of drug-likeness (QED) is 0.545. The Morgan fingerprint density at radius 2 is 1.48 bits per heavy atom. The summed E-state index contributed by atoms with van der Waals surface area (Å²) in [4.78, 5) is 22.9. The average Bonchev–Trinajstić information content (AvgIpc) is 2.82. The monoisotopic (exact) mass is 429 g/mol. The Morgan fingerprint density at radius 3 is 2.29 bits per heavy atom. The molecule has 1 saturated heterocycles. The standard InChI is InChI=1S/C26H27N3OS/c1-27-13-15-28(16-14-27)17-18-29-22-9-5-6-10-24(22)31-25-12-11-21(19-23(25)29)26(30)20-7-3-2-4-8-20/h2-12,19H,13-18H2,1H3. The van der Waals surface area contributed by atoms with Crippen LogP contribution >= 0.6 is 11.8 Å². The number of benzene rings is 3. The van der Waals surface area contributed by atoms with Crippen molar-refractivity contribution in [1.29, 1.82) is 0 Å². The zero-order valence-electron chi connectivity index (χ0n) is 17.8. The predicted molar refractivity (Wildman–Crippen MR) is 128 cm³/mol. The summed E-state index contributed by atoms with van der Waals surface area (Å²) in [6.45, 7) is 6.40. The Balaban J connectivity index is 1.45. The summed E-state index contributed by atoms with van der Waals surface area (Å²) >= 11 is 1.79. The molecule has 0 saturated carbocycles. The number of piperazine rings is 1. The van der Waals surface area contributed by atoms with Crippen LogP contribution in [0.3, 0.4) is 0 Å². The first kappa shape index (κ1) is 20.3. The molecule has 0 aliphatic carbocycles. The molecule has 2 aliphatic rings. The molecule has 3 aromatic rings. The number of carbonyl (C=O) groups excluding carboxylic acids is 1. The lowest BCUT2D eigenvalue weighted by molar-refractivity contribution is 0.103. The first-order chi connectivity index (χ1) is 15.2. The molecular weight excluding hydrogens is 402 g/mol. The van der Waals surface area contributed by atoms with Crippen LogP contribution < -0.4 is 4.90 Å². The second kappa shape index (κ2) is 8.87. The summed E-state index contributed by atoms with van der Waals surface area (Å²) in [6, 6.07) is 24.3. The van der Waals surface area contributed by atoms with E-state index in [1.165, 1.54) is 15.5 Å². The van der Waals surface area contributed by atoms with Gasteiger partial charge >= 0.3 is 0 Å². The Morgan fingerprint density at radius 1 is 0.774 bits per heavy atom. The molecule has 0 spiro atoms. The third kappa shape index (κ3) is 4.26. The highest BCUT2D eigenvalue weighted by molar-refractivity contribution is 7.99. The molecule has 31 heavy (non-hydrogen) atoms. The van der Waals surface area contributed by atoms with Gasteiger partial charge in [0.15, 0.2) is 5.78 Å². The van der Waals surface area contributed by atoms with E-state index in [9.17, 15) is 4.79 Å². The first-order valence-corrected chi connectivity index (χ1v) is 11.7. The van der Waals surface area contributed by atoms with Crippen LogP contribution in [0, 0.1) is 0 Å². The van der Waals surface area contributed by atoms with E-state index in [2.05, 4.69) is 58.1 Å². The van der Waals surface area contributed by atoms with Gasteiger partial charge in [-0.2, -0.15) is 0 Å². The molecular formula is C26H27N3OS. The fraction of sp³-hybridized carbons (Fsp3) is 0.269. The van der Waals surface area contributed by atoms with E-state index >= 15 is 0 Å². The number of anilines is 2. The van der Waals surface area contributed by atoms with E-state index in [0.717, 1.165) is 56.1 Å². The molecule has 4 nitrogen and oxygen atoms in total. The minimum absolute atomic E-state index is 0.0753. The van der Waals surface area contributed by atoms with Crippen LogP contribution in [0.25, 0.3) is 0 Å². The maximum atomic E-state index is 13.1. The van der Waals surface area contributed by atoms with Crippen molar-refractivity contribution in [3.63, 3.8) is 0 Å². The molecule has 0 unspecified atom stereocenters. The maximum Gasteiger partial charge on any atom is 0.193 e. The van der Waals surface area contributed by atoms with Crippen LogP contribution in [0.15, 0.2) is 82.6 Å². The molecule has 0 aromatic heterocycles. The molecule has 3 aromatic carbocycles. The van der Waals surface area contributed by atoms with Crippen LogP contribution in [-0.2, 0) is 0 Å². The molecule has 0 radical (unpaired) electrons. The van der Waals surface area contributed by atoms with Crippen LogP contribution in [0.2, 0.25) is 0 Å². The van der Waals surface area contributed by atoms with E-state index in [1.807, 2.05) is 36.4 Å². The number of ketones is 1. The number of likely N-dealkylation sites (N-methyl/N-ethyl adjacent to an activating group) is 1. The van der Waals surface area contributed by atoms with E-state index in [4.69, 9.17) is 0 Å². The van der Waals surface area contributed by atoms with Gasteiger partial charge in [0, 0.05) is 60.2 Å². The van der Waals surface area contributed by atoms with E-state index in [1.54, 1.807) is 11.8 Å². The molecule has 0 atom stereocenters. The van der Waals surface area contributed by atoms with Gasteiger partial charge in [-0.25, -0.2) is 0 Å². The summed E-state index contributed by atoms with van der Waals surface area (Å²) in [5.74, 6) is 0.0753. The maximum absolute atomic E-state index is 13.1. The Labute approximate surface area is 188 Å². The van der Waals surface area contributed by atoms with Gasteiger partial charge in [0.2, 0.25) is 0 Å². The highest BCUT2D eigenvalue weighted by Gasteiger charge is 2.25. The van der Waals surface area contributed by atoms with Gasteiger partial charge < -0.3 is 9.80 Å². The summed E-state index contributed by atoms with van der Waals surface area (Å²) in [5, 5.41) is 0. The van der Waals surface area contributed by atoms with Gasteiger partial charge in [-0.15, -0.1) is 0 Å². The predicted octanol–water partition coefficient (Wildman–Crippen LogP) is 4.77. The Hall–Kier alpha value is -2.60. The van der Waals surface area contributed by atoms with Crippen LogP contribution in [-0.4, -0.2) is 61.9 Å². The summed E-state index contributed by atoms with van der Waals surface area (Å²) < 4.78 is 0. The lowest BCUT2D eigenvalue weighted by Crippen LogP contribution is -2.46. The molecule has 0 amide bonds. The molecule has 2 heterocycles. The molecule has 2 aliphatic heterocycles. The average molecular weight is 430 g/mol. The van der Waals surface area contributed by atoms with Crippen molar-refractivity contribution < 1.29 is 4.79 Å². The Bertz CT molecular complexity index is 1080. The fourth-order valence-electron chi connectivity index (χ4n) is 4.28. The normalized spacial score (nSPS) is 16.6. The highest BCUT2D eigenvalue weighted by Crippen LogP contribution is 2.48. The van der Waals surface area contributed by atoms with Gasteiger partial charge in [0.25, 0.3) is 0 Å². The molecule has 5 rings (SSSR count).